The van der Waals surface area contributed by atoms with Gasteiger partial charge in [-0.15, -0.1) is 0 Å². The molecule has 0 unspecified atom stereocenters. The molecule has 92 valence electrons. The Bertz CT molecular complexity index is 302. The number of aliphatic carboxylic acids is 2. The molecule has 0 aromatic rings. The molecule has 0 saturated heterocycles. The maximum absolute atomic E-state index is 11.2. The monoisotopic (exact) mass is 233 g/mol. The molecule has 0 aliphatic rings. The maximum Gasteiger partial charge on any atom is 0.409 e. The number of carboxylic acid groups (broad SMARTS) is 2. The first-order valence-electron chi connectivity index (χ1n) is 4.47. The van der Waals surface area contributed by atoms with E-state index in [1.54, 1.807) is 26.1 Å². The molecule has 0 aromatic carbocycles. The van der Waals surface area contributed by atoms with E-state index >= 15 is 0 Å². The molecule has 16 heavy (non-hydrogen) atoms. The van der Waals surface area contributed by atoms with Crippen molar-refractivity contribution < 1.29 is 29.3 Å². The fourth-order valence-corrected chi connectivity index (χ4v) is 0.706. The average molecular weight is 233 g/mol. The van der Waals surface area contributed by atoms with Crippen LogP contribution in [0.25, 0.3) is 0 Å². The minimum Gasteiger partial charge on any atom is -0.479 e. The lowest BCUT2D eigenvalue weighted by Gasteiger charge is -2.25. The second kappa shape index (κ2) is 4.38. The number of carboxylic acids is 2. The first kappa shape index (κ1) is 14.2. The van der Waals surface area contributed by atoms with Crippen LogP contribution >= 0.6 is 0 Å². The molecule has 0 atom stereocenters. The molecule has 0 radical (unpaired) electrons. The lowest BCUT2D eigenvalue weighted by molar-refractivity contribution is -0.157. The molecule has 0 bridgehead atoms. The van der Waals surface area contributed by atoms with Crippen LogP contribution in [0.1, 0.15) is 27.7 Å². The second-order valence-corrected chi connectivity index (χ2v) is 4.36. The van der Waals surface area contributed by atoms with E-state index in [1.165, 1.54) is 0 Å². The lowest BCUT2D eigenvalue weighted by Crippen LogP contribution is -2.58. The van der Waals surface area contributed by atoms with Crippen molar-refractivity contribution >= 4 is 18.0 Å². The summed E-state index contributed by atoms with van der Waals surface area (Å²) in [5.74, 6) is -3.35. The molecule has 0 fully saturated rings. The van der Waals surface area contributed by atoms with Crippen molar-refractivity contribution in [3.05, 3.63) is 0 Å². The molecule has 0 heterocycles. The highest BCUT2D eigenvalue weighted by molar-refractivity contribution is 6.05. The zero-order valence-electron chi connectivity index (χ0n) is 9.53. The highest BCUT2D eigenvalue weighted by atomic mass is 16.6. The van der Waals surface area contributed by atoms with Crippen LogP contribution in [0.3, 0.4) is 0 Å². The molecule has 7 heteroatoms. The highest BCUT2D eigenvalue weighted by Crippen LogP contribution is 2.10. The van der Waals surface area contributed by atoms with Gasteiger partial charge in [0.1, 0.15) is 5.60 Å². The number of ether oxygens (including phenoxy) is 1. The van der Waals surface area contributed by atoms with Crippen LogP contribution < -0.4 is 5.32 Å². The Hall–Kier alpha value is -1.79. The summed E-state index contributed by atoms with van der Waals surface area (Å²) in [6.07, 6.45) is -1.10. The van der Waals surface area contributed by atoms with Crippen LogP contribution in [0.2, 0.25) is 0 Å². The van der Waals surface area contributed by atoms with Gasteiger partial charge in [-0.25, -0.2) is 14.4 Å². The number of carbonyl (C=O) groups is 3. The molecule has 7 nitrogen and oxygen atoms in total. The summed E-state index contributed by atoms with van der Waals surface area (Å²) in [4.78, 5) is 32.6. The Labute approximate surface area is 92.4 Å². The molecule has 0 aromatic heterocycles. The van der Waals surface area contributed by atoms with Crippen molar-refractivity contribution in [2.45, 2.75) is 38.8 Å². The summed E-state index contributed by atoms with van der Waals surface area (Å²) in [7, 11) is 0. The van der Waals surface area contributed by atoms with Crippen molar-refractivity contribution in [3.8, 4) is 0 Å². The van der Waals surface area contributed by atoms with Crippen LogP contribution in [-0.4, -0.2) is 39.4 Å². The Kier molecular flexibility index (Phi) is 3.89. The molecule has 3 N–H and O–H groups in total. The fourth-order valence-electron chi connectivity index (χ4n) is 0.706. The molecule has 0 aliphatic carbocycles. The third kappa shape index (κ3) is 3.76. The summed E-state index contributed by atoms with van der Waals surface area (Å²) >= 11 is 0. The highest BCUT2D eigenvalue weighted by Gasteiger charge is 2.44. The SMILES string of the molecule is CC(C)(C)OC(=O)NC(C)(C(=O)O)C(=O)O. The maximum atomic E-state index is 11.2. The minimum atomic E-state index is -2.40. The Balaban J connectivity index is 4.74. The van der Waals surface area contributed by atoms with E-state index in [-0.39, 0.29) is 0 Å². The summed E-state index contributed by atoms with van der Waals surface area (Å²) in [6.45, 7) is 5.59. The third-order valence-electron chi connectivity index (χ3n) is 1.61. The summed E-state index contributed by atoms with van der Waals surface area (Å²) in [6, 6.07) is 0. The van der Waals surface area contributed by atoms with Gasteiger partial charge < -0.3 is 14.9 Å². The van der Waals surface area contributed by atoms with Gasteiger partial charge in [0.15, 0.2) is 0 Å². The fraction of sp³-hybridized carbons (Fsp3) is 0.667. The van der Waals surface area contributed by atoms with Gasteiger partial charge in [-0.05, 0) is 27.7 Å². The quantitative estimate of drug-likeness (QED) is 0.609. The molecule has 0 spiro atoms. The van der Waals surface area contributed by atoms with Gasteiger partial charge in [-0.1, -0.05) is 0 Å². The zero-order chi connectivity index (χ0) is 13.1. The Morgan fingerprint density at radius 2 is 1.38 bits per heavy atom. The molecular weight excluding hydrogens is 218 g/mol. The predicted octanol–water partition coefficient (Wildman–Crippen LogP) is 0.439. The summed E-state index contributed by atoms with van der Waals surface area (Å²) in [5, 5.41) is 19.2. The number of amides is 1. The van der Waals surface area contributed by atoms with E-state index in [2.05, 4.69) is 0 Å². The van der Waals surface area contributed by atoms with Crippen LogP contribution in [0, 0.1) is 0 Å². The Morgan fingerprint density at radius 1 is 1.00 bits per heavy atom. The Morgan fingerprint density at radius 3 is 1.62 bits per heavy atom. The van der Waals surface area contributed by atoms with Crippen LogP contribution in [-0.2, 0) is 14.3 Å². The summed E-state index contributed by atoms with van der Waals surface area (Å²) < 4.78 is 4.76. The minimum absolute atomic E-state index is 0.831. The van der Waals surface area contributed by atoms with Gasteiger partial charge in [-0.2, -0.15) is 0 Å². The van der Waals surface area contributed by atoms with Gasteiger partial charge in [0.2, 0.25) is 5.54 Å². The van der Waals surface area contributed by atoms with E-state index < -0.39 is 29.2 Å². The standard InChI is InChI=1S/C9H15NO6/c1-8(2,3)16-7(15)10-9(4,5(11)12)6(13)14/h1-4H3,(H,10,15)(H,11,12)(H,13,14). The van der Waals surface area contributed by atoms with Crippen molar-refractivity contribution in [1.29, 1.82) is 0 Å². The van der Waals surface area contributed by atoms with Crippen molar-refractivity contribution in [3.63, 3.8) is 0 Å². The van der Waals surface area contributed by atoms with Gasteiger partial charge in [0.25, 0.3) is 0 Å². The topological polar surface area (TPSA) is 113 Å². The van der Waals surface area contributed by atoms with Crippen LogP contribution in [0.4, 0.5) is 4.79 Å². The van der Waals surface area contributed by atoms with Gasteiger partial charge in [0.05, 0.1) is 0 Å². The second-order valence-electron chi connectivity index (χ2n) is 4.36. The number of nitrogens with one attached hydrogen (secondary N) is 1. The van der Waals surface area contributed by atoms with Crippen molar-refractivity contribution in [2.24, 2.45) is 0 Å². The number of alkyl carbamates (subject to hydrolysis) is 1. The van der Waals surface area contributed by atoms with E-state index in [4.69, 9.17) is 14.9 Å². The van der Waals surface area contributed by atoms with Gasteiger partial charge in [0, 0.05) is 0 Å². The van der Waals surface area contributed by atoms with Crippen molar-refractivity contribution in [1.82, 2.24) is 5.32 Å². The van der Waals surface area contributed by atoms with Gasteiger partial charge >= 0.3 is 18.0 Å². The number of hydrogen-bond acceptors (Lipinski definition) is 4. The zero-order valence-corrected chi connectivity index (χ0v) is 9.53. The largest absolute Gasteiger partial charge is 0.479 e. The normalized spacial score (nSPS) is 11.8. The molecule has 0 saturated carbocycles. The van der Waals surface area contributed by atoms with E-state index in [9.17, 15) is 14.4 Å². The van der Waals surface area contributed by atoms with Crippen LogP contribution in [0.15, 0.2) is 0 Å². The predicted molar refractivity (Wildman–Crippen MR) is 53.0 cm³/mol. The molecule has 0 aliphatic heterocycles. The molecular formula is C9H15NO6. The number of rotatable bonds is 3. The van der Waals surface area contributed by atoms with Gasteiger partial charge in [-0.3, -0.25) is 5.32 Å². The molecule has 1 amide bonds. The van der Waals surface area contributed by atoms with E-state index in [0.717, 1.165) is 6.92 Å². The third-order valence-corrected chi connectivity index (χ3v) is 1.61. The average Bonchev–Trinajstić information content (AvgIpc) is 1.98. The van der Waals surface area contributed by atoms with E-state index in [1.807, 2.05) is 0 Å². The first-order valence-corrected chi connectivity index (χ1v) is 4.47. The van der Waals surface area contributed by atoms with Crippen molar-refractivity contribution in [2.75, 3.05) is 0 Å². The smallest absolute Gasteiger partial charge is 0.409 e. The first-order chi connectivity index (χ1) is 6.99. The van der Waals surface area contributed by atoms with E-state index in [0.29, 0.717) is 0 Å². The lowest BCUT2D eigenvalue weighted by atomic mass is 10.0. The van der Waals surface area contributed by atoms with Crippen LogP contribution in [0.5, 0.6) is 0 Å². The molecule has 0 rings (SSSR count). The number of carbonyl (C=O) groups excluding carboxylic acids is 1. The number of hydrogen-bond donors (Lipinski definition) is 3. The summed E-state index contributed by atoms with van der Waals surface area (Å²) in [5.41, 5.74) is -3.23.